The van der Waals surface area contributed by atoms with Gasteiger partial charge in [-0.3, -0.25) is 4.90 Å². The van der Waals surface area contributed by atoms with Gasteiger partial charge in [-0.05, 0) is 56.5 Å². The van der Waals surface area contributed by atoms with Gasteiger partial charge in [-0.15, -0.1) is 0 Å². The van der Waals surface area contributed by atoms with E-state index in [0.717, 1.165) is 23.8 Å². The van der Waals surface area contributed by atoms with Crippen LogP contribution in [-0.2, 0) is 0 Å². The number of nitrogens with one attached hydrogen (secondary N) is 1. The summed E-state index contributed by atoms with van der Waals surface area (Å²) in [4.78, 5) is 5.49. The fraction of sp³-hybridized carbons (Fsp3) is 1.00. The van der Waals surface area contributed by atoms with E-state index >= 15 is 0 Å². The van der Waals surface area contributed by atoms with Gasteiger partial charge in [-0.2, -0.15) is 0 Å². The lowest BCUT2D eigenvalue weighted by Crippen LogP contribution is -2.57. The standard InChI is InChI=1S/C17H33N3/c1-14(2)11-18-12-16-5-6-17(16)20-9-7-19(8-10-20)13-15-3-4-15/h14-18H,3-13H2,1-2H3. The van der Waals surface area contributed by atoms with Crippen molar-refractivity contribution in [3.8, 4) is 0 Å². The fourth-order valence-corrected chi connectivity index (χ4v) is 3.77. The first-order valence-corrected chi connectivity index (χ1v) is 8.89. The van der Waals surface area contributed by atoms with E-state index in [9.17, 15) is 0 Å². The molecule has 0 amide bonds. The molecule has 3 nitrogen and oxygen atoms in total. The van der Waals surface area contributed by atoms with Gasteiger partial charge in [0.25, 0.3) is 0 Å². The van der Waals surface area contributed by atoms with Gasteiger partial charge in [0.1, 0.15) is 0 Å². The van der Waals surface area contributed by atoms with Crippen LogP contribution in [0.5, 0.6) is 0 Å². The molecular formula is C17H33N3. The quantitative estimate of drug-likeness (QED) is 0.769. The van der Waals surface area contributed by atoms with Gasteiger partial charge in [0.15, 0.2) is 0 Å². The Labute approximate surface area is 125 Å². The predicted octanol–water partition coefficient (Wildman–Crippen LogP) is 2.04. The summed E-state index contributed by atoms with van der Waals surface area (Å²) < 4.78 is 0. The van der Waals surface area contributed by atoms with E-state index in [1.165, 1.54) is 71.5 Å². The molecule has 3 rings (SSSR count). The minimum atomic E-state index is 0.777. The van der Waals surface area contributed by atoms with Crippen molar-refractivity contribution in [2.75, 3.05) is 45.8 Å². The Morgan fingerprint density at radius 2 is 1.75 bits per heavy atom. The highest BCUT2D eigenvalue weighted by atomic mass is 15.3. The topological polar surface area (TPSA) is 18.5 Å². The first kappa shape index (κ1) is 14.8. The smallest absolute Gasteiger partial charge is 0.0137 e. The van der Waals surface area contributed by atoms with Crippen LogP contribution < -0.4 is 5.32 Å². The van der Waals surface area contributed by atoms with Crippen LogP contribution in [0.2, 0.25) is 0 Å². The van der Waals surface area contributed by atoms with Crippen molar-refractivity contribution >= 4 is 0 Å². The zero-order valence-electron chi connectivity index (χ0n) is 13.5. The van der Waals surface area contributed by atoms with Crippen LogP contribution >= 0.6 is 0 Å². The maximum Gasteiger partial charge on any atom is 0.0137 e. The molecule has 0 aromatic rings. The van der Waals surface area contributed by atoms with Gasteiger partial charge in [0.2, 0.25) is 0 Å². The predicted molar refractivity (Wildman–Crippen MR) is 85.0 cm³/mol. The third kappa shape index (κ3) is 3.96. The third-order valence-corrected chi connectivity index (χ3v) is 5.43. The highest BCUT2D eigenvalue weighted by Crippen LogP contribution is 2.33. The summed E-state index contributed by atoms with van der Waals surface area (Å²) in [6, 6.07) is 0.887. The van der Waals surface area contributed by atoms with Gasteiger partial charge in [-0.25, -0.2) is 0 Å². The van der Waals surface area contributed by atoms with Crippen LogP contribution in [0, 0.1) is 17.8 Å². The number of hydrogen-bond acceptors (Lipinski definition) is 3. The monoisotopic (exact) mass is 279 g/mol. The molecule has 116 valence electrons. The van der Waals surface area contributed by atoms with Crippen molar-refractivity contribution in [3.63, 3.8) is 0 Å². The van der Waals surface area contributed by atoms with Crippen LogP contribution in [-0.4, -0.2) is 61.7 Å². The van der Waals surface area contributed by atoms with Crippen LogP contribution in [0.3, 0.4) is 0 Å². The highest BCUT2D eigenvalue weighted by Gasteiger charge is 2.36. The van der Waals surface area contributed by atoms with E-state index in [-0.39, 0.29) is 0 Å². The lowest BCUT2D eigenvalue weighted by atomic mass is 9.78. The van der Waals surface area contributed by atoms with E-state index in [2.05, 4.69) is 29.0 Å². The number of hydrogen-bond donors (Lipinski definition) is 1. The van der Waals surface area contributed by atoms with Crippen molar-refractivity contribution in [2.45, 2.75) is 45.6 Å². The molecule has 2 saturated carbocycles. The van der Waals surface area contributed by atoms with Gasteiger partial charge in [0, 0.05) is 38.8 Å². The minimum absolute atomic E-state index is 0.777. The van der Waals surface area contributed by atoms with Crippen molar-refractivity contribution in [1.82, 2.24) is 15.1 Å². The summed E-state index contributed by atoms with van der Waals surface area (Å²) in [5.41, 5.74) is 0. The van der Waals surface area contributed by atoms with E-state index < -0.39 is 0 Å². The maximum atomic E-state index is 3.66. The normalized spacial score (nSPS) is 32.5. The first-order valence-electron chi connectivity index (χ1n) is 8.89. The first-order chi connectivity index (χ1) is 9.72. The van der Waals surface area contributed by atoms with Crippen LogP contribution in [0.15, 0.2) is 0 Å². The molecule has 1 N–H and O–H groups in total. The Balaban J connectivity index is 1.34. The lowest BCUT2D eigenvalue weighted by molar-refractivity contribution is 0.0199. The van der Waals surface area contributed by atoms with E-state index in [1.54, 1.807) is 0 Å². The Morgan fingerprint density at radius 1 is 1.00 bits per heavy atom. The molecule has 0 bridgehead atoms. The van der Waals surface area contributed by atoms with Gasteiger partial charge >= 0.3 is 0 Å². The molecule has 0 aromatic carbocycles. The van der Waals surface area contributed by atoms with Gasteiger partial charge in [-0.1, -0.05) is 13.8 Å². The zero-order chi connectivity index (χ0) is 13.9. The second kappa shape index (κ2) is 6.76. The largest absolute Gasteiger partial charge is 0.316 e. The molecule has 20 heavy (non-hydrogen) atoms. The van der Waals surface area contributed by atoms with Crippen LogP contribution in [0.1, 0.15) is 39.5 Å². The van der Waals surface area contributed by atoms with Gasteiger partial charge < -0.3 is 10.2 Å². The molecule has 3 aliphatic rings. The molecule has 0 aromatic heterocycles. The highest BCUT2D eigenvalue weighted by molar-refractivity contribution is 4.92. The molecule has 2 aliphatic carbocycles. The van der Waals surface area contributed by atoms with E-state index in [0.29, 0.717) is 0 Å². The Hall–Kier alpha value is -0.120. The van der Waals surface area contributed by atoms with E-state index in [1.807, 2.05) is 0 Å². The second-order valence-corrected chi connectivity index (χ2v) is 7.74. The summed E-state index contributed by atoms with van der Waals surface area (Å²) in [6.45, 7) is 13.7. The molecule has 3 fully saturated rings. The molecule has 2 atom stereocenters. The lowest BCUT2D eigenvalue weighted by Gasteiger charge is -2.48. The van der Waals surface area contributed by atoms with Crippen molar-refractivity contribution in [3.05, 3.63) is 0 Å². The molecule has 1 aliphatic heterocycles. The summed E-state index contributed by atoms with van der Waals surface area (Å²) >= 11 is 0. The number of nitrogens with zero attached hydrogens (tertiary/aromatic N) is 2. The SMILES string of the molecule is CC(C)CNCC1CCC1N1CCN(CC2CC2)CC1. The summed E-state index contributed by atoms with van der Waals surface area (Å²) in [5, 5.41) is 3.66. The molecule has 1 saturated heterocycles. The van der Waals surface area contributed by atoms with Crippen molar-refractivity contribution in [2.24, 2.45) is 17.8 Å². The molecule has 0 radical (unpaired) electrons. The molecule has 1 heterocycles. The summed E-state index contributed by atoms with van der Waals surface area (Å²) in [7, 11) is 0. The molecule has 0 spiro atoms. The number of rotatable bonds is 7. The van der Waals surface area contributed by atoms with Crippen molar-refractivity contribution < 1.29 is 0 Å². The summed E-state index contributed by atoms with van der Waals surface area (Å²) in [5.74, 6) is 2.75. The average Bonchev–Trinajstić information content (AvgIpc) is 3.19. The van der Waals surface area contributed by atoms with Crippen molar-refractivity contribution in [1.29, 1.82) is 0 Å². The van der Waals surface area contributed by atoms with Crippen LogP contribution in [0.25, 0.3) is 0 Å². The molecule has 3 heteroatoms. The average molecular weight is 279 g/mol. The zero-order valence-corrected chi connectivity index (χ0v) is 13.5. The molecule has 2 unspecified atom stereocenters. The second-order valence-electron chi connectivity index (χ2n) is 7.74. The Bertz CT molecular complexity index is 293. The maximum absolute atomic E-state index is 3.66. The minimum Gasteiger partial charge on any atom is -0.316 e. The Kier molecular flexibility index (Phi) is 5.00. The van der Waals surface area contributed by atoms with Gasteiger partial charge in [0.05, 0.1) is 0 Å². The van der Waals surface area contributed by atoms with Crippen LogP contribution in [0.4, 0.5) is 0 Å². The molecular weight excluding hydrogens is 246 g/mol. The van der Waals surface area contributed by atoms with E-state index in [4.69, 9.17) is 0 Å². The summed E-state index contributed by atoms with van der Waals surface area (Å²) in [6.07, 6.45) is 5.87. The third-order valence-electron chi connectivity index (χ3n) is 5.43. The fourth-order valence-electron chi connectivity index (χ4n) is 3.77. The number of piperazine rings is 1. The Morgan fingerprint density at radius 3 is 2.30 bits per heavy atom.